The summed E-state index contributed by atoms with van der Waals surface area (Å²) < 4.78 is 5.66. The molecule has 0 heterocycles. The Balaban J connectivity index is 0.00000308. The molecule has 7 nitrogen and oxygen atoms in total. The van der Waals surface area contributed by atoms with Crippen LogP contribution in [0.2, 0.25) is 0 Å². The number of carbonyl (C=O) groups is 2. The van der Waals surface area contributed by atoms with E-state index >= 15 is 0 Å². The van der Waals surface area contributed by atoms with Gasteiger partial charge in [0.2, 0.25) is 5.91 Å². The SMILES string of the molecule is CC(N)CCNCCCCN(CCC(C)N)C(=O)CCC(=O)OC1=CCc2c(ccc3c4c(ccc23)=CC=C4)=C1.Cl.Cl.Cl. The van der Waals surface area contributed by atoms with Gasteiger partial charge in [0.05, 0.1) is 6.42 Å². The number of benzene rings is 2. The number of rotatable bonds is 15. The van der Waals surface area contributed by atoms with E-state index in [1.54, 1.807) is 0 Å². The second kappa shape index (κ2) is 19.1. The lowest BCUT2D eigenvalue weighted by Gasteiger charge is -2.24. The van der Waals surface area contributed by atoms with E-state index in [9.17, 15) is 9.59 Å². The van der Waals surface area contributed by atoms with Gasteiger partial charge in [-0.15, -0.1) is 37.2 Å². The largest absolute Gasteiger partial charge is 0.427 e. The zero-order valence-corrected chi connectivity index (χ0v) is 27.6. The van der Waals surface area contributed by atoms with Crippen molar-refractivity contribution in [2.45, 2.75) is 70.9 Å². The topological polar surface area (TPSA) is 111 Å². The molecule has 0 bridgehead atoms. The molecule has 43 heavy (non-hydrogen) atoms. The van der Waals surface area contributed by atoms with Crippen molar-refractivity contribution in [1.82, 2.24) is 10.2 Å². The molecular formula is C33H47Cl3N4O3. The maximum absolute atomic E-state index is 13.0. The standard InChI is InChI=1S/C33H44N4O3.3ClH/c1-23(34)16-19-36-18-3-4-20-37(21-17-24(2)35)32(38)14-15-33(39)40-27-10-13-29-26(22-27)9-12-30-28-7-5-6-25(28)8-11-31(29)30;;;/h5-12,22-24,36H,3-4,13-21,34-35H2,1-2H3;3*1H. The fourth-order valence-corrected chi connectivity index (χ4v) is 5.23. The van der Waals surface area contributed by atoms with Crippen molar-refractivity contribution in [3.05, 3.63) is 63.7 Å². The predicted molar refractivity (Wildman–Crippen MR) is 185 cm³/mol. The average molecular weight is 654 g/mol. The monoisotopic (exact) mass is 652 g/mol. The highest BCUT2D eigenvalue weighted by Crippen LogP contribution is 2.23. The van der Waals surface area contributed by atoms with Gasteiger partial charge >= 0.3 is 5.97 Å². The number of nitrogens with zero attached hydrogens (tertiary/aromatic N) is 1. The van der Waals surface area contributed by atoms with Gasteiger partial charge in [-0.3, -0.25) is 9.59 Å². The summed E-state index contributed by atoms with van der Waals surface area (Å²) in [4.78, 5) is 27.5. The fourth-order valence-electron chi connectivity index (χ4n) is 5.23. The molecule has 2 atom stereocenters. The van der Waals surface area contributed by atoms with E-state index in [-0.39, 0.29) is 74.0 Å². The third kappa shape index (κ3) is 11.2. The Labute approximate surface area is 274 Å². The zero-order chi connectivity index (χ0) is 28.5. The molecule has 0 radical (unpaired) electrons. The van der Waals surface area contributed by atoms with Crippen LogP contribution >= 0.6 is 37.2 Å². The minimum Gasteiger partial charge on any atom is -0.427 e. The Bertz CT molecular complexity index is 1410. The van der Waals surface area contributed by atoms with E-state index in [1.165, 1.54) is 27.1 Å². The highest BCUT2D eigenvalue weighted by atomic mass is 35.5. The molecule has 10 heteroatoms. The first-order valence-electron chi connectivity index (χ1n) is 14.7. The minimum atomic E-state index is -0.385. The molecule has 0 aromatic heterocycles. The first-order chi connectivity index (χ1) is 19.3. The molecule has 2 unspecified atom stereocenters. The highest BCUT2D eigenvalue weighted by molar-refractivity contribution is 5.96. The summed E-state index contributed by atoms with van der Waals surface area (Å²) in [5.74, 6) is 0.132. The number of ether oxygens (including phenoxy) is 1. The molecule has 0 saturated carbocycles. The lowest BCUT2D eigenvalue weighted by atomic mass is 9.94. The highest BCUT2D eigenvalue weighted by Gasteiger charge is 2.18. The van der Waals surface area contributed by atoms with Crippen LogP contribution < -0.4 is 27.2 Å². The number of fused-ring (bicyclic) bond motifs is 5. The van der Waals surface area contributed by atoms with Gasteiger partial charge in [-0.05, 0) is 104 Å². The second-order valence-corrected chi connectivity index (χ2v) is 11.1. The van der Waals surface area contributed by atoms with Gasteiger partial charge in [-0.25, -0.2) is 0 Å². The number of amides is 1. The van der Waals surface area contributed by atoms with Crippen LogP contribution in [0, 0.1) is 0 Å². The van der Waals surface area contributed by atoms with Crippen molar-refractivity contribution < 1.29 is 14.3 Å². The second-order valence-electron chi connectivity index (χ2n) is 11.1. The van der Waals surface area contributed by atoms with Crippen molar-refractivity contribution in [3.8, 4) is 0 Å². The van der Waals surface area contributed by atoms with Crippen molar-refractivity contribution in [3.63, 3.8) is 0 Å². The first-order valence-corrected chi connectivity index (χ1v) is 14.7. The van der Waals surface area contributed by atoms with Gasteiger partial charge in [0.1, 0.15) is 5.76 Å². The minimum absolute atomic E-state index is 0. The lowest BCUT2D eigenvalue weighted by Crippen LogP contribution is -2.36. The van der Waals surface area contributed by atoms with Crippen LogP contribution in [0.3, 0.4) is 0 Å². The van der Waals surface area contributed by atoms with Crippen molar-refractivity contribution in [2.24, 2.45) is 11.5 Å². The number of hydrogen-bond donors (Lipinski definition) is 3. The lowest BCUT2D eigenvalue weighted by molar-refractivity contribution is -0.142. The van der Waals surface area contributed by atoms with E-state index in [1.807, 2.05) is 30.9 Å². The molecule has 2 aliphatic rings. The van der Waals surface area contributed by atoms with Crippen molar-refractivity contribution in [2.75, 3.05) is 26.2 Å². The smallest absolute Gasteiger partial charge is 0.311 e. The van der Waals surface area contributed by atoms with E-state index in [2.05, 4.69) is 47.8 Å². The van der Waals surface area contributed by atoms with Gasteiger partial charge in [0.25, 0.3) is 0 Å². The molecule has 1 amide bonds. The van der Waals surface area contributed by atoms with Crippen molar-refractivity contribution >= 4 is 78.1 Å². The zero-order valence-electron chi connectivity index (χ0n) is 25.2. The normalized spacial score (nSPS) is 13.9. The summed E-state index contributed by atoms with van der Waals surface area (Å²) in [6.45, 7) is 7.02. The molecule has 4 rings (SSSR count). The summed E-state index contributed by atoms with van der Waals surface area (Å²) in [7, 11) is 0. The van der Waals surface area contributed by atoms with Gasteiger partial charge in [0.15, 0.2) is 0 Å². The van der Waals surface area contributed by atoms with Gasteiger partial charge in [0, 0.05) is 31.6 Å². The van der Waals surface area contributed by atoms with Crippen LogP contribution in [-0.2, 0) is 20.7 Å². The summed E-state index contributed by atoms with van der Waals surface area (Å²) in [6, 6.07) is 8.79. The maximum atomic E-state index is 13.0. The number of esters is 1. The molecular weight excluding hydrogens is 607 g/mol. The van der Waals surface area contributed by atoms with Crippen LogP contribution in [0.5, 0.6) is 0 Å². The molecule has 2 aromatic rings. The van der Waals surface area contributed by atoms with Crippen molar-refractivity contribution in [1.29, 1.82) is 0 Å². The third-order valence-corrected chi connectivity index (χ3v) is 7.56. The quantitative estimate of drug-likeness (QED) is 0.197. The number of halogens is 3. The van der Waals surface area contributed by atoms with Crippen LogP contribution in [0.1, 0.15) is 63.5 Å². The van der Waals surface area contributed by atoms with Gasteiger partial charge in [-0.1, -0.05) is 42.5 Å². The molecule has 0 saturated heterocycles. The molecule has 0 spiro atoms. The Morgan fingerprint density at radius 2 is 1.63 bits per heavy atom. The number of allylic oxidation sites excluding steroid dienone is 3. The molecule has 238 valence electrons. The van der Waals surface area contributed by atoms with Crippen LogP contribution in [0.4, 0.5) is 0 Å². The number of nitrogens with one attached hydrogen (secondary N) is 1. The average Bonchev–Trinajstić information content (AvgIpc) is 3.41. The van der Waals surface area contributed by atoms with E-state index in [4.69, 9.17) is 16.2 Å². The summed E-state index contributed by atoms with van der Waals surface area (Å²) in [6.07, 6.45) is 14.7. The number of carbonyl (C=O) groups excluding carboxylic acids is 2. The third-order valence-electron chi connectivity index (χ3n) is 7.56. The molecule has 0 fully saturated rings. The Morgan fingerprint density at radius 3 is 2.37 bits per heavy atom. The molecule has 0 aliphatic heterocycles. The molecule has 2 aliphatic carbocycles. The summed E-state index contributed by atoms with van der Waals surface area (Å²) >= 11 is 0. The van der Waals surface area contributed by atoms with E-state index < -0.39 is 0 Å². The van der Waals surface area contributed by atoms with E-state index in [0.717, 1.165) is 44.0 Å². The van der Waals surface area contributed by atoms with Crippen LogP contribution in [0.25, 0.3) is 29.0 Å². The summed E-state index contributed by atoms with van der Waals surface area (Å²) in [5, 5.41) is 8.18. The van der Waals surface area contributed by atoms with Crippen LogP contribution in [-0.4, -0.2) is 55.0 Å². The number of nitrogens with two attached hydrogens (primary N) is 2. The fraction of sp³-hybridized carbons (Fsp3) is 0.455. The first kappa shape index (κ1) is 38.6. The Kier molecular flexibility index (Phi) is 17.2. The number of unbranched alkanes of at least 4 members (excludes halogenated alkanes) is 1. The Hall–Kier alpha value is -2.39. The summed E-state index contributed by atoms with van der Waals surface area (Å²) in [5.41, 5.74) is 14.2. The van der Waals surface area contributed by atoms with Gasteiger partial charge < -0.3 is 26.4 Å². The van der Waals surface area contributed by atoms with Gasteiger partial charge in [-0.2, -0.15) is 0 Å². The molecule has 5 N–H and O–H groups in total. The maximum Gasteiger partial charge on any atom is 0.311 e. The Morgan fingerprint density at radius 1 is 0.907 bits per heavy atom. The molecule has 2 aromatic carbocycles. The predicted octanol–water partition coefficient (Wildman–Crippen LogP) is 4.13. The number of hydrogen-bond acceptors (Lipinski definition) is 6. The van der Waals surface area contributed by atoms with E-state index in [0.29, 0.717) is 25.3 Å². The van der Waals surface area contributed by atoms with Crippen LogP contribution in [0.15, 0.2) is 42.2 Å².